The maximum atomic E-state index is 6.19. The van der Waals surface area contributed by atoms with Gasteiger partial charge in [-0.3, -0.25) is 9.97 Å². The average Bonchev–Trinajstić information content (AvgIpc) is 3.66. The summed E-state index contributed by atoms with van der Waals surface area (Å²) in [6.07, 6.45) is 3.71. The van der Waals surface area contributed by atoms with Gasteiger partial charge in [0.15, 0.2) is 5.58 Å². The molecule has 7 aromatic carbocycles. The Kier molecular flexibility index (Phi) is 8.47. The first-order valence-corrected chi connectivity index (χ1v) is 18.8. The number of para-hydroxylation sites is 2. The quantitative estimate of drug-likeness (QED) is 0.157. The molecule has 0 radical (unpaired) electrons. The number of benzene rings is 7. The van der Waals surface area contributed by atoms with E-state index in [9.17, 15) is 0 Å². The Morgan fingerprint density at radius 2 is 0.911 bits per heavy atom. The first-order chi connectivity index (χ1) is 27.7. The smallest absolute Gasteiger partial charge is 0.153 e. The highest BCUT2D eigenvalue weighted by Crippen LogP contribution is 2.45. The van der Waals surface area contributed by atoms with Crippen LogP contribution in [0.2, 0.25) is 0 Å². The predicted octanol–water partition coefficient (Wildman–Crippen LogP) is 14.2. The third kappa shape index (κ3) is 6.29. The lowest BCUT2D eigenvalue weighted by Crippen LogP contribution is -2.12. The molecule has 0 fully saturated rings. The zero-order valence-corrected chi connectivity index (χ0v) is 30.5. The molecule has 3 heterocycles. The third-order valence-electron chi connectivity index (χ3n) is 10.3. The van der Waals surface area contributed by atoms with Gasteiger partial charge in [-0.1, -0.05) is 133 Å². The molecule has 0 unspecified atom stereocenters. The van der Waals surface area contributed by atoms with Crippen molar-refractivity contribution in [3.8, 4) is 55.9 Å². The molecule has 10 aromatic rings. The van der Waals surface area contributed by atoms with Crippen molar-refractivity contribution < 1.29 is 4.42 Å². The van der Waals surface area contributed by atoms with E-state index in [1.165, 1.54) is 0 Å². The number of hydrogen-bond donors (Lipinski definition) is 0. The van der Waals surface area contributed by atoms with E-state index in [1.54, 1.807) is 0 Å². The monoisotopic (exact) mass is 717 g/mol. The van der Waals surface area contributed by atoms with Crippen LogP contribution in [0.4, 0.5) is 17.1 Å². The molecule has 0 aliphatic carbocycles. The zero-order chi connectivity index (χ0) is 37.3. The van der Waals surface area contributed by atoms with E-state index >= 15 is 0 Å². The number of nitrogens with zero attached hydrogens (tertiary/aromatic N) is 3. The number of hydrogen-bond acceptors (Lipinski definition) is 4. The van der Waals surface area contributed by atoms with Crippen molar-refractivity contribution in [2.75, 3.05) is 4.90 Å². The molecule has 4 nitrogen and oxygen atoms in total. The van der Waals surface area contributed by atoms with Gasteiger partial charge in [-0.05, 0) is 94.5 Å². The van der Waals surface area contributed by atoms with Crippen LogP contribution >= 0.6 is 0 Å². The first kappa shape index (κ1) is 33.0. The lowest BCUT2D eigenvalue weighted by atomic mass is 9.96. The van der Waals surface area contributed by atoms with Gasteiger partial charge in [-0.25, -0.2) is 0 Å². The highest BCUT2D eigenvalue weighted by molar-refractivity contribution is 6.06. The van der Waals surface area contributed by atoms with Gasteiger partial charge < -0.3 is 9.32 Å². The number of furan rings is 1. The molecule has 0 spiro atoms. The van der Waals surface area contributed by atoms with Crippen LogP contribution in [0.3, 0.4) is 0 Å². The zero-order valence-electron chi connectivity index (χ0n) is 30.5. The molecule has 0 saturated carbocycles. The van der Waals surface area contributed by atoms with Gasteiger partial charge in [-0.2, -0.15) is 0 Å². The van der Waals surface area contributed by atoms with Crippen LogP contribution in [-0.4, -0.2) is 9.97 Å². The summed E-state index contributed by atoms with van der Waals surface area (Å²) in [5.74, 6) is 0. The molecule has 0 aliphatic rings. The molecule has 0 aliphatic heterocycles. The third-order valence-corrected chi connectivity index (χ3v) is 10.3. The van der Waals surface area contributed by atoms with Gasteiger partial charge >= 0.3 is 0 Å². The molecule has 0 N–H and O–H groups in total. The number of anilines is 3. The van der Waals surface area contributed by atoms with Gasteiger partial charge in [0.1, 0.15) is 5.58 Å². The molecule has 0 atom stereocenters. The van der Waals surface area contributed by atoms with Gasteiger partial charge in [-0.15, -0.1) is 0 Å². The van der Waals surface area contributed by atoms with Crippen LogP contribution in [0, 0.1) is 0 Å². The van der Waals surface area contributed by atoms with Crippen LogP contribution in [0.5, 0.6) is 0 Å². The largest absolute Gasteiger partial charge is 0.454 e. The Hall–Kier alpha value is -7.56. The summed E-state index contributed by atoms with van der Waals surface area (Å²) in [5.41, 5.74) is 15.2. The molecule has 0 saturated heterocycles. The van der Waals surface area contributed by atoms with Crippen LogP contribution in [0.1, 0.15) is 0 Å². The molecule has 4 heteroatoms. The maximum absolute atomic E-state index is 6.19. The minimum Gasteiger partial charge on any atom is -0.454 e. The lowest BCUT2D eigenvalue weighted by molar-refractivity contribution is 0.667. The average molecular weight is 718 g/mol. The minimum absolute atomic E-state index is 0.771. The summed E-state index contributed by atoms with van der Waals surface area (Å²) in [4.78, 5) is 12.2. The van der Waals surface area contributed by atoms with Gasteiger partial charge in [0, 0.05) is 45.0 Å². The molecule has 10 rings (SSSR count). The van der Waals surface area contributed by atoms with E-state index < -0.39 is 0 Å². The Labute approximate surface area is 325 Å². The fourth-order valence-electron chi connectivity index (χ4n) is 7.65. The van der Waals surface area contributed by atoms with Crippen molar-refractivity contribution in [1.29, 1.82) is 0 Å². The Balaban J connectivity index is 1.26. The molecule has 0 bridgehead atoms. The summed E-state index contributed by atoms with van der Waals surface area (Å²) in [7, 11) is 0. The van der Waals surface area contributed by atoms with Gasteiger partial charge in [0.25, 0.3) is 0 Å². The van der Waals surface area contributed by atoms with Crippen LogP contribution in [-0.2, 0) is 0 Å². The van der Waals surface area contributed by atoms with E-state index in [4.69, 9.17) is 14.4 Å². The second-order valence-corrected chi connectivity index (χ2v) is 13.9. The number of rotatable bonds is 8. The molecule has 0 amide bonds. The fourth-order valence-corrected chi connectivity index (χ4v) is 7.65. The Morgan fingerprint density at radius 1 is 0.357 bits per heavy atom. The fraction of sp³-hybridized carbons (Fsp3) is 0. The number of aromatic nitrogens is 2. The first-order valence-electron chi connectivity index (χ1n) is 18.8. The van der Waals surface area contributed by atoms with Crippen molar-refractivity contribution in [3.63, 3.8) is 0 Å². The second kappa shape index (κ2) is 14.3. The predicted molar refractivity (Wildman–Crippen MR) is 231 cm³/mol. The summed E-state index contributed by atoms with van der Waals surface area (Å²) in [6, 6.07) is 70.4. The lowest BCUT2D eigenvalue weighted by Gasteiger charge is -2.30. The van der Waals surface area contributed by atoms with Crippen LogP contribution < -0.4 is 4.90 Å². The van der Waals surface area contributed by atoms with E-state index in [-0.39, 0.29) is 0 Å². The van der Waals surface area contributed by atoms with Crippen molar-refractivity contribution in [2.45, 2.75) is 0 Å². The number of pyridine rings is 2. The Bertz CT molecular complexity index is 2900. The molecule has 56 heavy (non-hydrogen) atoms. The normalized spacial score (nSPS) is 11.2. The van der Waals surface area contributed by atoms with Crippen LogP contribution in [0.15, 0.2) is 217 Å². The topological polar surface area (TPSA) is 42.2 Å². The van der Waals surface area contributed by atoms with Crippen molar-refractivity contribution in [1.82, 2.24) is 9.97 Å². The second-order valence-electron chi connectivity index (χ2n) is 13.9. The minimum atomic E-state index is 0.771. The highest BCUT2D eigenvalue weighted by Gasteiger charge is 2.21. The number of fused-ring (bicyclic) bond motifs is 3. The molecular weight excluding hydrogens is 683 g/mol. The van der Waals surface area contributed by atoms with Gasteiger partial charge in [0.2, 0.25) is 0 Å². The van der Waals surface area contributed by atoms with Crippen molar-refractivity contribution in [3.05, 3.63) is 213 Å². The summed E-state index contributed by atoms with van der Waals surface area (Å²) in [6.45, 7) is 0. The molecule has 264 valence electrons. The maximum Gasteiger partial charge on any atom is 0.153 e. The Morgan fingerprint density at radius 3 is 1.57 bits per heavy atom. The van der Waals surface area contributed by atoms with E-state index in [1.807, 2.05) is 36.7 Å². The van der Waals surface area contributed by atoms with Crippen molar-refractivity contribution in [2.24, 2.45) is 0 Å². The van der Waals surface area contributed by atoms with Crippen LogP contribution in [0.25, 0.3) is 77.8 Å². The summed E-state index contributed by atoms with van der Waals surface area (Å²) >= 11 is 0. The summed E-state index contributed by atoms with van der Waals surface area (Å²) < 4.78 is 6.19. The highest BCUT2D eigenvalue weighted by atomic mass is 16.3. The van der Waals surface area contributed by atoms with Crippen molar-refractivity contribution >= 4 is 39.0 Å². The van der Waals surface area contributed by atoms with E-state index in [0.29, 0.717) is 0 Å². The standard InChI is InChI=1S/C52H35N3O/c1-4-16-36(17-5-1)39-28-41(48-24-14-15-27-53-48)32-43(30-39)55(50-25-12-10-22-45(50)38-20-8-3-9-21-38)44-31-40(37-18-6-2-7-19-37)29-42(33-44)49-34-47-46-23-11-13-26-51(46)56-52(47)35-54-49/h1-35H. The van der Waals surface area contributed by atoms with E-state index in [2.05, 4.69) is 181 Å². The van der Waals surface area contributed by atoms with Gasteiger partial charge in [0.05, 0.1) is 23.3 Å². The molecule has 3 aromatic heterocycles. The SMILES string of the molecule is c1ccc(-c2cc(-c3ccccn3)cc(N(c3cc(-c4ccccc4)cc(-c4cc5c(cn4)oc4ccccc45)c3)c3ccccc3-c3ccccc3)c2)cc1. The summed E-state index contributed by atoms with van der Waals surface area (Å²) in [5, 5.41) is 2.11. The molecular formula is C52H35N3O. The van der Waals surface area contributed by atoms with E-state index in [0.717, 1.165) is 94.9 Å².